The maximum atomic E-state index is 10.4. The topological polar surface area (TPSA) is 66.4 Å². The summed E-state index contributed by atoms with van der Waals surface area (Å²) < 4.78 is 28.5. The van der Waals surface area contributed by atoms with E-state index in [9.17, 15) is 5.11 Å². The van der Waals surface area contributed by atoms with Crippen LogP contribution in [-0.4, -0.2) is 67.0 Å². The maximum absolute atomic E-state index is 10.4. The molecule has 2 fully saturated rings. The molecule has 0 unspecified atom stereocenters. The monoisotopic (exact) mass is 308 g/mol. The van der Waals surface area contributed by atoms with Gasteiger partial charge in [0.05, 0.1) is 6.61 Å². The second-order valence-electron chi connectivity index (χ2n) is 5.19. The fraction of sp³-hybridized carbons (Fsp3) is 1.00. The second-order valence-corrected chi connectivity index (χ2v) is 6.56. The molecule has 6 nitrogen and oxygen atoms in total. The molecular weight excluding hydrogens is 284 g/mol. The fourth-order valence-corrected chi connectivity index (χ4v) is 3.40. The van der Waals surface area contributed by atoms with E-state index in [1.807, 2.05) is 6.92 Å². The highest BCUT2D eigenvalue weighted by atomic mass is 32.2. The zero-order chi connectivity index (χ0) is 15.0. The molecule has 0 radical (unpaired) electrons. The zero-order valence-corrected chi connectivity index (χ0v) is 13.4. The first-order valence-electron chi connectivity index (χ1n) is 6.78. The average molecular weight is 308 g/mol. The number of ether oxygens (including phenoxy) is 5. The molecule has 0 saturated carbocycles. The molecule has 2 rings (SSSR count). The van der Waals surface area contributed by atoms with Crippen molar-refractivity contribution in [1.82, 2.24) is 0 Å². The summed E-state index contributed by atoms with van der Waals surface area (Å²) in [4.78, 5) is 0. The van der Waals surface area contributed by atoms with Crippen LogP contribution in [0.2, 0.25) is 0 Å². The SMILES string of the molecule is CCS[C@@H]1OC[C@H]2O[C@](C)(OC)[C@@](C)(OC)O[C@@H]2[C@H]1O. The number of fused-ring (bicyclic) bond motifs is 1. The van der Waals surface area contributed by atoms with E-state index in [2.05, 4.69) is 0 Å². The van der Waals surface area contributed by atoms with Gasteiger partial charge in [-0.25, -0.2) is 0 Å². The van der Waals surface area contributed by atoms with Crippen molar-refractivity contribution in [2.45, 2.75) is 56.1 Å². The smallest absolute Gasteiger partial charge is 0.220 e. The van der Waals surface area contributed by atoms with Crippen LogP contribution in [0.1, 0.15) is 20.8 Å². The lowest BCUT2D eigenvalue weighted by Gasteiger charge is -2.54. The minimum Gasteiger partial charge on any atom is -0.387 e. The van der Waals surface area contributed by atoms with E-state index >= 15 is 0 Å². The molecule has 0 aromatic carbocycles. The zero-order valence-electron chi connectivity index (χ0n) is 12.6. The van der Waals surface area contributed by atoms with E-state index in [4.69, 9.17) is 23.7 Å². The molecule has 2 saturated heterocycles. The van der Waals surface area contributed by atoms with Crippen LogP contribution in [0.15, 0.2) is 0 Å². The molecule has 0 amide bonds. The van der Waals surface area contributed by atoms with Crippen LogP contribution in [0.5, 0.6) is 0 Å². The van der Waals surface area contributed by atoms with Gasteiger partial charge >= 0.3 is 0 Å². The van der Waals surface area contributed by atoms with Gasteiger partial charge in [-0.3, -0.25) is 0 Å². The second kappa shape index (κ2) is 6.08. The van der Waals surface area contributed by atoms with Gasteiger partial charge in [0.2, 0.25) is 11.6 Å². The quantitative estimate of drug-likeness (QED) is 0.830. The van der Waals surface area contributed by atoms with Crippen molar-refractivity contribution in [2.75, 3.05) is 26.6 Å². The Balaban J connectivity index is 2.19. The van der Waals surface area contributed by atoms with Gasteiger partial charge in [-0.15, -0.1) is 11.8 Å². The summed E-state index contributed by atoms with van der Waals surface area (Å²) in [6.45, 7) is 5.88. The van der Waals surface area contributed by atoms with Crippen molar-refractivity contribution < 1.29 is 28.8 Å². The van der Waals surface area contributed by atoms with Gasteiger partial charge in [-0.2, -0.15) is 0 Å². The largest absolute Gasteiger partial charge is 0.387 e. The minimum atomic E-state index is -1.09. The third-order valence-electron chi connectivity index (χ3n) is 4.08. The maximum Gasteiger partial charge on any atom is 0.220 e. The van der Waals surface area contributed by atoms with Gasteiger partial charge in [0.25, 0.3) is 0 Å². The standard InChI is InChI=1S/C13H24O6S/c1-6-20-11-9(14)10-8(7-17-11)18-12(2,15-4)13(3,16-5)19-10/h8-11,14H,6-7H2,1-5H3/t8-,9-,10+,11+,12+,13+/m1/s1. The number of methoxy groups -OCH3 is 2. The molecule has 20 heavy (non-hydrogen) atoms. The van der Waals surface area contributed by atoms with E-state index in [0.717, 1.165) is 5.75 Å². The first-order chi connectivity index (χ1) is 9.40. The van der Waals surface area contributed by atoms with Crippen LogP contribution in [0.4, 0.5) is 0 Å². The van der Waals surface area contributed by atoms with Crippen molar-refractivity contribution in [3.63, 3.8) is 0 Å². The third-order valence-corrected chi connectivity index (χ3v) is 5.16. The molecule has 2 heterocycles. The lowest BCUT2D eigenvalue weighted by molar-refractivity contribution is -0.463. The van der Waals surface area contributed by atoms with Crippen molar-refractivity contribution in [3.05, 3.63) is 0 Å². The Labute approximate surface area is 124 Å². The van der Waals surface area contributed by atoms with Crippen LogP contribution in [-0.2, 0) is 23.7 Å². The average Bonchev–Trinajstić information content (AvgIpc) is 2.44. The van der Waals surface area contributed by atoms with Crippen LogP contribution < -0.4 is 0 Å². The predicted octanol–water partition coefficient (Wildman–Crippen LogP) is 0.966. The first-order valence-corrected chi connectivity index (χ1v) is 7.83. The van der Waals surface area contributed by atoms with Crippen LogP contribution in [0, 0.1) is 0 Å². The van der Waals surface area contributed by atoms with Gasteiger partial charge < -0.3 is 28.8 Å². The summed E-state index contributed by atoms with van der Waals surface area (Å²) in [7, 11) is 3.07. The van der Waals surface area contributed by atoms with Gasteiger partial charge in [-0.05, 0) is 19.6 Å². The summed E-state index contributed by atoms with van der Waals surface area (Å²) in [6.07, 6.45) is -1.65. The summed E-state index contributed by atoms with van der Waals surface area (Å²) in [5.74, 6) is -1.29. The molecule has 1 N–H and O–H groups in total. The molecule has 0 spiro atoms. The highest BCUT2D eigenvalue weighted by Crippen LogP contribution is 2.42. The molecular formula is C13H24O6S. The van der Waals surface area contributed by atoms with E-state index in [1.165, 1.54) is 14.2 Å². The Hall–Kier alpha value is 0.110. The van der Waals surface area contributed by atoms with Crippen molar-refractivity contribution in [1.29, 1.82) is 0 Å². The Morgan fingerprint density at radius 1 is 1.20 bits per heavy atom. The van der Waals surface area contributed by atoms with Gasteiger partial charge in [-0.1, -0.05) is 6.92 Å². The van der Waals surface area contributed by atoms with Gasteiger partial charge in [0.1, 0.15) is 23.7 Å². The first kappa shape index (κ1) is 16.5. The van der Waals surface area contributed by atoms with E-state index < -0.39 is 23.8 Å². The third kappa shape index (κ3) is 2.61. The van der Waals surface area contributed by atoms with Crippen LogP contribution in [0.3, 0.4) is 0 Å². The number of thioether (sulfide) groups is 1. The normalized spacial score (nSPS) is 48.9. The predicted molar refractivity (Wildman–Crippen MR) is 74.5 cm³/mol. The molecule has 0 bridgehead atoms. The van der Waals surface area contributed by atoms with Gasteiger partial charge in [0.15, 0.2) is 0 Å². The number of aliphatic hydroxyl groups excluding tert-OH is 1. The molecule has 0 aromatic heterocycles. The van der Waals surface area contributed by atoms with E-state index in [0.29, 0.717) is 6.61 Å². The van der Waals surface area contributed by atoms with Gasteiger partial charge in [0, 0.05) is 14.2 Å². The molecule has 7 heteroatoms. The Morgan fingerprint density at radius 2 is 1.80 bits per heavy atom. The molecule has 2 aliphatic heterocycles. The lowest BCUT2D eigenvalue weighted by atomic mass is 9.99. The molecule has 6 atom stereocenters. The Kier molecular flexibility index (Phi) is 5.01. The van der Waals surface area contributed by atoms with Crippen LogP contribution in [0.25, 0.3) is 0 Å². The Morgan fingerprint density at radius 3 is 2.35 bits per heavy atom. The van der Waals surface area contributed by atoms with Crippen molar-refractivity contribution in [3.8, 4) is 0 Å². The minimum absolute atomic E-state index is 0.308. The highest BCUT2D eigenvalue weighted by molar-refractivity contribution is 7.99. The molecule has 0 aromatic rings. The summed E-state index contributed by atoms with van der Waals surface area (Å²) in [5.41, 5.74) is -0.308. The summed E-state index contributed by atoms with van der Waals surface area (Å²) in [5, 5.41) is 10.4. The number of rotatable bonds is 4. The summed E-state index contributed by atoms with van der Waals surface area (Å²) >= 11 is 1.55. The lowest BCUT2D eigenvalue weighted by Crippen LogP contribution is -2.70. The number of hydrogen-bond acceptors (Lipinski definition) is 7. The molecule has 0 aliphatic carbocycles. The van der Waals surface area contributed by atoms with E-state index in [-0.39, 0.29) is 11.5 Å². The van der Waals surface area contributed by atoms with Crippen molar-refractivity contribution in [2.24, 2.45) is 0 Å². The number of aliphatic hydroxyl groups is 1. The highest BCUT2D eigenvalue weighted by Gasteiger charge is 2.59. The van der Waals surface area contributed by atoms with Crippen LogP contribution >= 0.6 is 11.8 Å². The van der Waals surface area contributed by atoms with E-state index in [1.54, 1.807) is 25.6 Å². The van der Waals surface area contributed by atoms with Crippen molar-refractivity contribution >= 4 is 11.8 Å². The molecule has 118 valence electrons. The fourth-order valence-electron chi connectivity index (χ4n) is 2.55. The molecule has 2 aliphatic rings. The summed E-state index contributed by atoms with van der Waals surface area (Å²) in [6, 6.07) is 0. The number of hydrogen-bond donors (Lipinski definition) is 1. The Bertz CT molecular complexity index is 343.